The minimum absolute atomic E-state index is 0.263. The zero-order chi connectivity index (χ0) is 21.8. The molecule has 1 N–H and O–H groups in total. The summed E-state index contributed by atoms with van der Waals surface area (Å²) in [7, 11) is 0. The van der Waals surface area contributed by atoms with Crippen molar-refractivity contribution in [2.45, 2.75) is 46.4 Å². The van der Waals surface area contributed by atoms with Gasteiger partial charge in [-0.1, -0.05) is 42.8 Å². The Labute approximate surface area is 185 Å². The quantitative estimate of drug-likeness (QED) is 0.456. The Hall–Kier alpha value is -1.79. The maximum absolute atomic E-state index is 10.5. The van der Waals surface area contributed by atoms with Crippen molar-refractivity contribution in [2.24, 2.45) is 0 Å². The molecule has 2 rings (SSSR count). The van der Waals surface area contributed by atoms with Gasteiger partial charge in [-0.3, -0.25) is 4.90 Å². The fourth-order valence-corrected chi connectivity index (χ4v) is 3.46. The molecule has 0 saturated carbocycles. The van der Waals surface area contributed by atoms with Crippen LogP contribution in [0.4, 0.5) is 0 Å². The smallest absolute Gasteiger partial charge is 0.161 e. The summed E-state index contributed by atoms with van der Waals surface area (Å²) in [5, 5.41) is 11.2. The van der Waals surface area contributed by atoms with Crippen LogP contribution in [0, 0.1) is 0 Å². The lowest BCUT2D eigenvalue weighted by atomic mass is 10.1. The van der Waals surface area contributed by atoms with Crippen LogP contribution in [-0.4, -0.2) is 49.0 Å². The van der Waals surface area contributed by atoms with Gasteiger partial charge in [-0.25, -0.2) is 0 Å². The van der Waals surface area contributed by atoms with E-state index in [1.165, 1.54) is 0 Å². The van der Waals surface area contributed by atoms with Gasteiger partial charge in [0.2, 0.25) is 0 Å². The molecule has 5 nitrogen and oxygen atoms in total. The molecule has 0 saturated heterocycles. The van der Waals surface area contributed by atoms with Gasteiger partial charge in [0.15, 0.2) is 11.5 Å². The number of benzene rings is 2. The molecule has 0 spiro atoms. The van der Waals surface area contributed by atoms with Crippen LogP contribution in [0.3, 0.4) is 0 Å². The first-order chi connectivity index (χ1) is 14.6. The van der Waals surface area contributed by atoms with E-state index in [1.54, 1.807) is 0 Å². The predicted molar refractivity (Wildman–Crippen MR) is 121 cm³/mol. The van der Waals surface area contributed by atoms with Crippen LogP contribution < -0.4 is 9.47 Å². The molecule has 30 heavy (non-hydrogen) atoms. The van der Waals surface area contributed by atoms with Crippen LogP contribution >= 0.6 is 11.6 Å². The van der Waals surface area contributed by atoms with Gasteiger partial charge in [-0.2, -0.15) is 0 Å². The molecule has 0 aliphatic carbocycles. The number of hydrogen-bond donors (Lipinski definition) is 1. The molecule has 0 aliphatic rings. The van der Waals surface area contributed by atoms with Gasteiger partial charge in [0.1, 0.15) is 0 Å². The summed E-state index contributed by atoms with van der Waals surface area (Å²) < 4.78 is 17.1. The average molecular weight is 436 g/mol. The molecule has 6 heteroatoms. The predicted octanol–water partition coefficient (Wildman–Crippen LogP) is 4.93. The van der Waals surface area contributed by atoms with Crippen molar-refractivity contribution in [1.29, 1.82) is 0 Å². The first-order valence-electron chi connectivity index (χ1n) is 10.7. The van der Waals surface area contributed by atoms with Crippen molar-refractivity contribution < 1.29 is 19.3 Å². The summed E-state index contributed by atoms with van der Waals surface area (Å²) in [4.78, 5) is 2.23. The summed E-state index contributed by atoms with van der Waals surface area (Å²) in [6.45, 7) is 10.0. The summed E-state index contributed by atoms with van der Waals surface area (Å²) >= 11 is 6.15. The van der Waals surface area contributed by atoms with E-state index in [9.17, 15) is 5.11 Å². The minimum Gasteiger partial charge on any atom is -0.490 e. The van der Waals surface area contributed by atoms with Crippen molar-refractivity contribution in [3.05, 3.63) is 58.6 Å². The van der Waals surface area contributed by atoms with E-state index in [2.05, 4.69) is 17.9 Å². The second-order valence-electron chi connectivity index (χ2n) is 7.14. The lowest BCUT2D eigenvalue weighted by Crippen LogP contribution is -2.35. The van der Waals surface area contributed by atoms with E-state index in [0.29, 0.717) is 31.4 Å². The third-order valence-corrected chi connectivity index (χ3v) is 4.92. The van der Waals surface area contributed by atoms with Crippen LogP contribution in [0.5, 0.6) is 11.5 Å². The van der Waals surface area contributed by atoms with Crippen LogP contribution in [0.1, 0.15) is 38.3 Å². The van der Waals surface area contributed by atoms with Crippen molar-refractivity contribution >= 4 is 11.6 Å². The first-order valence-corrected chi connectivity index (χ1v) is 11.0. The molecule has 0 heterocycles. The Morgan fingerprint density at radius 2 is 1.73 bits per heavy atom. The number of rotatable bonds is 14. The molecule has 2 aromatic rings. The monoisotopic (exact) mass is 435 g/mol. The van der Waals surface area contributed by atoms with E-state index >= 15 is 0 Å². The largest absolute Gasteiger partial charge is 0.490 e. The average Bonchev–Trinajstić information content (AvgIpc) is 2.72. The lowest BCUT2D eigenvalue weighted by molar-refractivity contribution is 0.00857. The number of halogens is 1. The highest BCUT2D eigenvalue weighted by Crippen LogP contribution is 2.29. The molecule has 0 amide bonds. The normalized spacial score (nSPS) is 12.2. The topological polar surface area (TPSA) is 51.2 Å². The second kappa shape index (κ2) is 13.5. The molecule has 1 atom stereocenters. The zero-order valence-electron chi connectivity index (χ0n) is 18.3. The number of aliphatic hydroxyl groups is 1. The highest BCUT2D eigenvalue weighted by molar-refractivity contribution is 6.31. The molecule has 2 aromatic carbocycles. The Bertz CT molecular complexity index is 756. The van der Waals surface area contributed by atoms with Gasteiger partial charge < -0.3 is 19.3 Å². The highest BCUT2D eigenvalue weighted by Gasteiger charge is 2.14. The van der Waals surface area contributed by atoms with Crippen molar-refractivity contribution in [3.8, 4) is 11.5 Å². The van der Waals surface area contributed by atoms with E-state index in [1.807, 2.05) is 50.2 Å². The minimum atomic E-state index is -0.576. The van der Waals surface area contributed by atoms with Crippen LogP contribution in [0.15, 0.2) is 42.5 Å². The molecular formula is C24H34ClNO4. The van der Waals surface area contributed by atoms with E-state index < -0.39 is 6.10 Å². The summed E-state index contributed by atoms with van der Waals surface area (Å²) in [5.74, 6) is 1.52. The lowest BCUT2D eigenvalue weighted by Gasteiger charge is -2.25. The van der Waals surface area contributed by atoms with Gasteiger partial charge in [-0.15, -0.1) is 0 Å². The number of aliphatic hydroxyl groups excluding tert-OH is 1. The molecule has 0 bridgehead atoms. The van der Waals surface area contributed by atoms with E-state index in [-0.39, 0.29) is 6.61 Å². The second-order valence-corrected chi connectivity index (χ2v) is 7.55. The van der Waals surface area contributed by atoms with Gasteiger partial charge in [-0.05, 0) is 56.1 Å². The van der Waals surface area contributed by atoms with Crippen molar-refractivity contribution in [2.75, 3.05) is 32.9 Å². The number of ether oxygens (including phenoxy) is 3. The molecular weight excluding hydrogens is 402 g/mol. The standard InChI is InChI=1S/C24H34ClNO4/c1-4-13-26(15-19-11-12-23(29-5-2)24(14-19)30-6-3)16-21(27)18-28-17-20-9-7-8-10-22(20)25/h7-12,14,21,27H,4-6,13,15-18H2,1-3H3. The van der Waals surface area contributed by atoms with Gasteiger partial charge in [0, 0.05) is 18.1 Å². The van der Waals surface area contributed by atoms with Crippen LogP contribution in [0.2, 0.25) is 5.02 Å². The van der Waals surface area contributed by atoms with Crippen molar-refractivity contribution in [3.63, 3.8) is 0 Å². The van der Waals surface area contributed by atoms with Gasteiger partial charge in [0.25, 0.3) is 0 Å². The zero-order valence-corrected chi connectivity index (χ0v) is 19.0. The van der Waals surface area contributed by atoms with Gasteiger partial charge in [0.05, 0.1) is 32.5 Å². The first kappa shape index (κ1) is 24.5. The van der Waals surface area contributed by atoms with E-state index in [4.69, 9.17) is 25.8 Å². The van der Waals surface area contributed by atoms with Crippen molar-refractivity contribution in [1.82, 2.24) is 4.90 Å². The maximum atomic E-state index is 10.5. The summed E-state index contributed by atoms with van der Waals surface area (Å²) in [6.07, 6.45) is 0.427. The molecule has 166 valence electrons. The molecule has 0 fully saturated rings. The Morgan fingerprint density at radius 3 is 2.43 bits per heavy atom. The third kappa shape index (κ3) is 8.15. The fourth-order valence-electron chi connectivity index (χ4n) is 3.27. The fraction of sp³-hybridized carbons (Fsp3) is 0.500. The molecule has 0 radical (unpaired) electrons. The molecule has 0 aromatic heterocycles. The highest BCUT2D eigenvalue weighted by atomic mass is 35.5. The maximum Gasteiger partial charge on any atom is 0.161 e. The Morgan fingerprint density at radius 1 is 1.00 bits per heavy atom. The Kier molecular flexibility index (Phi) is 11.0. The summed E-state index contributed by atoms with van der Waals surface area (Å²) in [5.41, 5.74) is 2.05. The summed E-state index contributed by atoms with van der Waals surface area (Å²) in [6, 6.07) is 13.6. The molecule has 1 unspecified atom stereocenters. The van der Waals surface area contributed by atoms with Gasteiger partial charge >= 0.3 is 0 Å². The molecule has 0 aliphatic heterocycles. The SMILES string of the molecule is CCCN(Cc1ccc(OCC)c(OCC)c1)CC(O)COCc1ccccc1Cl. The van der Waals surface area contributed by atoms with E-state index in [0.717, 1.165) is 42.1 Å². The number of hydrogen-bond acceptors (Lipinski definition) is 5. The Balaban J connectivity index is 1.91. The van der Waals surface area contributed by atoms with Crippen LogP contribution in [-0.2, 0) is 17.9 Å². The van der Waals surface area contributed by atoms with Crippen LogP contribution in [0.25, 0.3) is 0 Å². The number of nitrogens with zero attached hydrogens (tertiary/aromatic N) is 1. The third-order valence-electron chi connectivity index (χ3n) is 4.55.